The molecule has 48 heavy (non-hydrogen) atoms. The van der Waals surface area contributed by atoms with E-state index in [9.17, 15) is 42.1 Å². The van der Waals surface area contributed by atoms with Crippen LogP contribution in [0.25, 0.3) is 55.9 Å². The van der Waals surface area contributed by atoms with E-state index < -0.39 is 23.5 Å². The van der Waals surface area contributed by atoms with Gasteiger partial charge in [0.1, 0.15) is 23.4 Å². The Morgan fingerprint density at radius 3 is 1.44 bits per heavy atom. The van der Waals surface area contributed by atoms with Gasteiger partial charge >= 0.3 is 12.4 Å². The number of fused-ring (bicyclic) bond motifs is 6. The number of allylic oxidation sites excluding steroid dienone is 2. The largest absolute Gasteiger partial charge is 0.416 e. The van der Waals surface area contributed by atoms with Crippen molar-refractivity contribution in [2.75, 3.05) is 0 Å². The van der Waals surface area contributed by atoms with Gasteiger partial charge < -0.3 is 0 Å². The molecule has 0 N–H and O–H groups in total. The highest BCUT2D eigenvalue weighted by atomic mass is 19.4. The molecule has 0 radical (unpaired) electrons. The van der Waals surface area contributed by atoms with E-state index in [1.807, 2.05) is 18.2 Å². The lowest BCUT2D eigenvalue weighted by Crippen LogP contribution is -2.03. The van der Waals surface area contributed by atoms with Crippen LogP contribution in [0.3, 0.4) is 0 Å². The summed E-state index contributed by atoms with van der Waals surface area (Å²) in [5, 5.41) is 29.5. The second kappa shape index (κ2) is 10.8. The van der Waals surface area contributed by atoms with E-state index >= 15 is 0 Å². The third-order valence-electron chi connectivity index (χ3n) is 8.27. The monoisotopic (exact) mass is 643 g/mol. The smallest absolute Gasteiger partial charge is 0.243 e. The maximum absolute atomic E-state index is 13.1. The highest BCUT2D eigenvalue weighted by Crippen LogP contribution is 2.50. The average Bonchev–Trinajstić information content (AvgIpc) is 3.55. The molecule has 0 saturated carbocycles. The number of aromatic nitrogens is 2. The molecular weight excluding hydrogens is 628 g/mol. The maximum Gasteiger partial charge on any atom is 0.416 e. The molecule has 0 saturated heterocycles. The molecular formula is C37H15F6N5. The number of hydrogen-bond acceptors (Lipinski definition) is 5. The molecule has 0 unspecified atom stereocenters. The lowest BCUT2D eigenvalue weighted by Gasteiger charge is -2.10. The van der Waals surface area contributed by atoms with Gasteiger partial charge in [-0.2, -0.15) is 42.1 Å². The Hall–Kier alpha value is -6.51. The number of halogens is 6. The Morgan fingerprint density at radius 2 is 0.958 bits per heavy atom. The molecule has 1 aromatic heterocycles. The molecule has 0 atom stereocenters. The van der Waals surface area contributed by atoms with Crippen LogP contribution in [0.4, 0.5) is 26.3 Å². The lowest BCUT2D eigenvalue weighted by atomic mass is 9.96. The van der Waals surface area contributed by atoms with Crippen LogP contribution in [0.1, 0.15) is 33.6 Å². The Balaban J connectivity index is 1.36. The number of benzene rings is 4. The zero-order chi connectivity index (χ0) is 34.0. The molecule has 2 aliphatic rings. The molecule has 11 heteroatoms. The summed E-state index contributed by atoms with van der Waals surface area (Å²) in [5.41, 5.74) is 4.50. The van der Waals surface area contributed by atoms with Crippen LogP contribution in [0, 0.1) is 34.0 Å². The molecule has 0 bridgehead atoms. The summed E-state index contributed by atoms with van der Waals surface area (Å²) in [6.45, 7) is 0. The summed E-state index contributed by atoms with van der Waals surface area (Å²) < 4.78 is 78.8. The van der Waals surface area contributed by atoms with Crippen LogP contribution in [0.2, 0.25) is 0 Å². The molecule has 7 rings (SSSR count). The molecule has 2 aliphatic carbocycles. The zero-order valence-electron chi connectivity index (χ0n) is 24.2. The first-order valence-electron chi connectivity index (χ1n) is 14.1. The first-order chi connectivity index (χ1) is 22.9. The van der Waals surface area contributed by atoms with Crippen molar-refractivity contribution in [3.8, 4) is 63.0 Å². The van der Waals surface area contributed by atoms with Crippen molar-refractivity contribution in [1.29, 1.82) is 15.8 Å². The molecule has 0 aliphatic heterocycles. The van der Waals surface area contributed by atoms with Crippen molar-refractivity contribution in [3.63, 3.8) is 0 Å². The van der Waals surface area contributed by atoms with E-state index in [-0.39, 0.29) is 16.8 Å². The highest BCUT2D eigenvalue weighted by molar-refractivity contribution is 6.06. The lowest BCUT2D eigenvalue weighted by molar-refractivity contribution is -0.138. The summed E-state index contributed by atoms with van der Waals surface area (Å²) in [4.78, 5) is 9.77. The van der Waals surface area contributed by atoms with Crippen molar-refractivity contribution >= 4 is 11.1 Å². The van der Waals surface area contributed by atoms with Gasteiger partial charge in [-0.3, -0.25) is 0 Å². The number of hydrogen-bond donors (Lipinski definition) is 0. The van der Waals surface area contributed by atoms with Gasteiger partial charge in [0.15, 0.2) is 0 Å². The van der Waals surface area contributed by atoms with E-state index in [1.54, 1.807) is 36.4 Å². The predicted octanol–water partition coefficient (Wildman–Crippen LogP) is 9.61. The molecule has 5 nitrogen and oxygen atoms in total. The fourth-order valence-electron chi connectivity index (χ4n) is 6.02. The van der Waals surface area contributed by atoms with Gasteiger partial charge in [0.2, 0.25) is 0 Å². The van der Waals surface area contributed by atoms with Crippen molar-refractivity contribution in [3.05, 3.63) is 130 Å². The van der Waals surface area contributed by atoms with E-state index in [2.05, 4.69) is 0 Å². The third kappa shape index (κ3) is 4.79. The maximum atomic E-state index is 13.1. The minimum Gasteiger partial charge on any atom is -0.243 e. The Kier molecular flexibility index (Phi) is 6.78. The van der Waals surface area contributed by atoms with Crippen LogP contribution in [-0.2, 0) is 12.4 Å². The van der Waals surface area contributed by atoms with E-state index in [0.717, 1.165) is 24.3 Å². The highest BCUT2D eigenvalue weighted by Gasteiger charge is 2.36. The zero-order valence-corrected chi connectivity index (χ0v) is 24.2. The standard InChI is InChI=1S/C37H15F6N5/c38-36(39,40)24-7-1-19(2-8-24)21-5-11-26-29(15-21)28(13-14-44)33-32(26)48-35-31(23(17-45)18-46)30-16-22(6-12-27(30)34(35)47-33)20-3-9-25(10-4-20)37(41,42)43/h1-13,15-16H/b28-13+. The molecule has 5 aromatic rings. The Labute approximate surface area is 268 Å². The van der Waals surface area contributed by atoms with Gasteiger partial charge in [-0.05, 0) is 69.8 Å². The molecule has 230 valence electrons. The van der Waals surface area contributed by atoms with Gasteiger partial charge in [0.25, 0.3) is 0 Å². The van der Waals surface area contributed by atoms with Crippen molar-refractivity contribution in [1.82, 2.24) is 9.97 Å². The quantitative estimate of drug-likeness (QED) is 0.138. The molecule has 1 heterocycles. The minimum absolute atomic E-state index is 0.217. The molecule has 0 fully saturated rings. The van der Waals surface area contributed by atoms with Crippen molar-refractivity contribution < 1.29 is 26.3 Å². The van der Waals surface area contributed by atoms with Crippen molar-refractivity contribution in [2.45, 2.75) is 12.4 Å². The summed E-state index contributed by atoms with van der Waals surface area (Å²) in [5.74, 6) is 0. The van der Waals surface area contributed by atoms with Gasteiger partial charge in [-0.25, -0.2) is 9.97 Å². The van der Waals surface area contributed by atoms with E-state index in [1.165, 1.54) is 30.3 Å². The molecule has 4 aromatic carbocycles. The second-order valence-corrected chi connectivity index (χ2v) is 10.9. The normalized spacial score (nSPS) is 13.6. The summed E-state index contributed by atoms with van der Waals surface area (Å²) in [6.07, 6.45) is -7.68. The van der Waals surface area contributed by atoms with Gasteiger partial charge in [0, 0.05) is 28.3 Å². The van der Waals surface area contributed by atoms with Crippen LogP contribution >= 0.6 is 0 Å². The van der Waals surface area contributed by atoms with Gasteiger partial charge in [-0.1, -0.05) is 48.5 Å². The first kappa shape index (κ1) is 30.2. The third-order valence-corrected chi connectivity index (χ3v) is 8.27. The summed E-state index contributed by atoms with van der Waals surface area (Å²) in [6, 6.07) is 25.4. The summed E-state index contributed by atoms with van der Waals surface area (Å²) >= 11 is 0. The Morgan fingerprint density at radius 1 is 0.521 bits per heavy atom. The fourth-order valence-corrected chi connectivity index (χ4v) is 6.02. The second-order valence-electron chi connectivity index (χ2n) is 10.9. The first-order valence-corrected chi connectivity index (χ1v) is 14.1. The average molecular weight is 644 g/mol. The van der Waals surface area contributed by atoms with Crippen LogP contribution in [0.15, 0.2) is 96.6 Å². The number of nitriles is 3. The van der Waals surface area contributed by atoms with Crippen molar-refractivity contribution in [2.24, 2.45) is 0 Å². The molecule has 0 amide bonds. The van der Waals surface area contributed by atoms with E-state index in [4.69, 9.17) is 9.97 Å². The van der Waals surface area contributed by atoms with Crippen LogP contribution < -0.4 is 0 Å². The van der Waals surface area contributed by atoms with Gasteiger partial charge in [0.05, 0.1) is 34.3 Å². The van der Waals surface area contributed by atoms with Crippen LogP contribution in [0.5, 0.6) is 0 Å². The Bertz CT molecular complexity index is 2360. The topological polar surface area (TPSA) is 97.2 Å². The number of alkyl halides is 6. The van der Waals surface area contributed by atoms with E-state index in [0.29, 0.717) is 67.2 Å². The summed E-state index contributed by atoms with van der Waals surface area (Å²) in [7, 11) is 0. The van der Waals surface area contributed by atoms with Gasteiger partial charge in [-0.15, -0.1) is 0 Å². The van der Waals surface area contributed by atoms with Crippen LogP contribution in [-0.4, -0.2) is 9.97 Å². The minimum atomic E-state index is -4.50. The molecule has 0 spiro atoms. The fraction of sp³-hybridized carbons (Fsp3) is 0.0541. The SMILES string of the molecule is N#C/C=C1\c2cc(-c3ccc(C(F)(F)F)cc3)ccc2-c2nc3c(nc21)-c1ccc(-c2ccc(C(F)(F)F)cc2)cc1C3=C(C#N)C#N. The number of nitrogens with zero attached hydrogens (tertiary/aromatic N) is 5. The number of rotatable bonds is 2. The predicted molar refractivity (Wildman–Crippen MR) is 164 cm³/mol.